The van der Waals surface area contributed by atoms with E-state index >= 15 is 0 Å². The molecular formula is C19H29NO. The van der Waals surface area contributed by atoms with E-state index in [0.29, 0.717) is 22.9 Å². The Labute approximate surface area is 129 Å². The summed E-state index contributed by atoms with van der Waals surface area (Å²) in [6.07, 6.45) is 4.13. The molecule has 2 aliphatic carbocycles. The first-order chi connectivity index (χ1) is 9.88. The van der Waals surface area contributed by atoms with Crippen LogP contribution in [0.3, 0.4) is 0 Å². The van der Waals surface area contributed by atoms with Crippen LogP contribution in [-0.4, -0.2) is 13.2 Å². The van der Waals surface area contributed by atoms with E-state index in [4.69, 9.17) is 4.74 Å². The number of methoxy groups -OCH3 is 1. The van der Waals surface area contributed by atoms with Crippen LogP contribution in [0.5, 0.6) is 5.75 Å². The highest BCUT2D eigenvalue weighted by molar-refractivity contribution is 5.29. The second-order valence-corrected chi connectivity index (χ2v) is 7.82. The second-order valence-electron chi connectivity index (χ2n) is 7.82. The van der Waals surface area contributed by atoms with Crippen LogP contribution < -0.4 is 10.1 Å². The fraction of sp³-hybridized carbons (Fsp3) is 0.684. The van der Waals surface area contributed by atoms with Crippen molar-refractivity contribution in [2.24, 2.45) is 16.7 Å². The maximum absolute atomic E-state index is 5.25. The highest BCUT2D eigenvalue weighted by Gasteiger charge is 2.61. The quantitative estimate of drug-likeness (QED) is 0.876. The zero-order chi connectivity index (χ0) is 15.3. The molecule has 2 bridgehead atoms. The second kappa shape index (κ2) is 5.01. The van der Waals surface area contributed by atoms with Gasteiger partial charge in [0.15, 0.2) is 0 Å². The molecule has 0 amide bonds. The fourth-order valence-corrected chi connectivity index (χ4v) is 4.75. The first-order valence-corrected chi connectivity index (χ1v) is 8.28. The highest BCUT2D eigenvalue weighted by atomic mass is 16.5. The van der Waals surface area contributed by atoms with E-state index in [1.807, 2.05) is 0 Å². The van der Waals surface area contributed by atoms with Crippen LogP contribution in [0.2, 0.25) is 0 Å². The fourth-order valence-electron chi connectivity index (χ4n) is 4.75. The first-order valence-electron chi connectivity index (χ1n) is 8.28. The minimum absolute atomic E-state index is 0.396. The Kier molecular flexibility index (Phi) is 3.56. The van der Waals surface area contributed by atoms with Crippen LogP contribution in [0, 0.1) is 16.7 Å². The molecule has 0 radical (unpaired) electrons. The number of nitrogens with one attached hydrogen (secondary N) is 1. The normalized spacial score (nSPS) is 34.9. The van der Waals surface area contributed by atoms with Gasteiger partial charge in [0.25, 0.3) is 0 Å². The lowest BCUT2D eigenvalue weighted by Gasteiger charge is -2.40. The van der Waals surface area contributed by atoms with Gasteiger partial charge in [-0.2, -0.15) is 0 Å². The maximum Gasteiger partial charge on any atom is 0.118 e. The molecule has 0 aliphatic heterocycles. The zero-order valence-electron chi connectivity index (χ0n) is 14.1. The minimum atomic E-state index is 0.396. The van der Waals surface area contributed by atoms with Crippen molar-refractivity contribution in [1.29, 1.82) is 0 Å². The van der Waals surface area contributed by atoms with Crippen molar-refractivity contribution in [3.63, 3.8) is 0 Å². The van der Waals surface area contributed by atoms with Crippen LogP contribution >= 0.6 is 0 Å². The molecule has 0 saturated heterocycles. The molecule has 1 aromatic rings. The summed E-state index contributed by atoms with van der Waals surface area (Å²) in [5.74, 6) is 1.82. The van der Waals surface area contributed by atoms with Crippen molar-refractivity contribution in [3.05, 3.63) is 29.8 Å². The van der Waals surface area contributed by atoms with Gasteiger partial charge < -0.3 is 10.1 Å². The predicted molar refractivity (Wildman–Crippen MR) is 87.6 cm³/mol. The lowest BCUT2D eigenvalue weighted by Crippen LogP contribution is -2.45. The summed E-state index contributed by atoms with van der Waals surface area (Å²) in [4.78, 5) is 0. The van der Waals surface area contributed by atoms with E-state index in [-0.39, 0.29) is 0 Å². The largest absolute Gasteiger partial charge is 0.497 e. The smallest absolute Gasteiger partial charge is 0.118 e. The molecular weight excluding hydrogens is 258 g/mol. The number of ether oxygens (including phenoxy) is 1. The van der Waals surface area contributed by atoms with Gasteiger partial charge >= 0.3 is 0 Å². The Bertz CT molecular complexity index is 507. The lowest BCUT2D eigenvalue weighted by molar-refractivity contribution is 0.116. The molecule has 2 fully saturated rings. The molecule has 3 unspecified atom stereocenters. The van der Waals surface area contributed by atoms with Crippen molar-refractivity contribution in [1.82, 2.24) is 5.32 Å². The van der Waals surface area contributed by atoms with Gasteiger partial charge in [0.2, 0.25) is 0 Å². The predicted octanol–water partition coefficient (Wildman–Crippen LogP) is 4.56. The highest BCUT2D eigenvalue weighted by Crippen LogP contribution is 2.65. The molecule has 0 spiro atoms. The maximum atomic E-state index is 5.25. The van der Waals surface area contributed by atoms with E-state index in [1.165, 1.54) is 24.8 Å². The molecule has 1 aromatic carbocycles. The van der Waals surface area contributed by atoms with Crippen LogP contribution in [0.4, 0.5) is 0 Å². The summed E-state index contributed by atoms with van der Waals surface area (Å²) in [6.45, 7) is 9.73. The molecule has 2 aliphatic rings. The molecule has 1 N–H and O–H groups in total. The number of rotatable bonds is 4. The summed E-state index contributed by atoms with van der Waals surface area (Å²) in [7, 11) is 1.72. The molecule has 3 rings (SSSR count). The summed E-state index contributed by atoms with van der Waals surface area (Å²) < 4.78 is 5.25. The first kappa shape index (κ1) is 14.9. The number of benzene rings is 1. The van der Waals surface area contributed by atoms with Crippen molar-refractivity contribution in [2.45, 2.75) is 59.0 Å². The monoisotopic (exact) mass is 287 g/mol. The molecule has 116 valence electrons. The van der Waals surface area contributed by atoms with Gasteiger partial charge in [-0.05, 0) is 60.6 Å². The van der Waals surface area contributed by atoms with Crippen LogP contribution in [0.25, 0.3) is 0 Å². The topological polar surface area (TPSA) is 21.3 Å². The minimum Gasteiger partial charge on any atom is -0.497 e. The van der Waals surface area contributed by atoms with E-state index < -0.39 is 0 Å². The van der Waals surface area contributed by atoms with Crippen LogP contribution in [0.15, 0.2) is 24.3 Å². The summed E-state index contributed by atoms with van der Waals surface area (Å²) in [5, 5.41) is 3.92. The van der Waals surface area contributed by atoms with E-state index in [1.54, 1.807) is 7.11 Å². The summed E-state index contributed by atoms with van der Waals surface area (Å²) >= 11 is 0. The third-order valence-corrected chi connectivity index (χ3v) is 6.86. The molecule has 2 saturated carbocycles. The van der Waals surface area contributed by atoms with Crippen molar-refractivity contribution in [3.8, 4) is 5.75 Å². The Morgan fingerprint density at radius 2 is 1.86 bits per heavy atom. The van der Waals surface area contributed by atoms with Gasteiger partial charge in [0.1, 0.15) is 5.75 Å². The molecule has 2 heteroatoms. The molecule has 4 atom stereocenters. The number of hydrogen-bond acceptors (Lipinski definition) is 2. The van der Waals surface area contributed by atoms with Gasteiger partial charge in [-0.25, -0.2) is 0 Å². The zero-order valence-corrected chi connectivity index (χ0v) is 14.1. The Hall–Kier alpha value is -1.02. The van der Waals surface area contributed by atoms with Gasteiger partial charge in [-0.1, -0.05) is 32.9 Å². The Morgan fingerprint density at radius 1 is 1.19 bits per heavy atom. The van der Waals surface area contributed by atoms with E-state index in [2.05, 4.69) is 57.3 Å². The average molecular weight is 287 g/mol. The van der Waals surface area contributed by atoms with Crippen LogP contribution in [0.1, 0.15) is 58.6 Å². The molecule has 0 aromatic heterocycles. The van der Waals surface area contributed by atoms with Crippen molar-refractivity contribution >= 4 is 0 Å². The number of hydrogen-bond donors (Lipinski definition) is 1. The Balaban J connectivity index is 1.72. The van der Waals surface area contributed by atoms with Gasteiger partial charge in [0, 0.05) is 12.1 Å². The number of fused-ring (bicyclic) bond motifs is 2. The van der Waals surface area contributed by atoms with E-state index in [0.717, 1.165) is 11.7 Å². The van der Waals surface area contributed by atoms with Gasteiger partial charge in [-0.3, -0.25) is 0 Å². The molecule has 2 nitrogen and oxygen atoms in total. The SMILES string of the molecule is COc1ccc([C@H](C)NC2CC3CCC2(C)C3(C)C)cc1. The summed E-state index contributed by atoms with van der Waals surface area (Å²) in [5.41, 5.74) is 2.27. The standard InChI is InChI=1S/C19H29NO/c1-13(14-6-8-16(21-5)9-7-14)20-17-12-15-10-11-19(17,4)18(15,2)3/h6-9,13,15,17,20H,10-12H2,1-5H3/t13-,15?,17?,19?/m0/s1. The van der Waals surface area contributed by atoms with E-state index in [9.17, 15) is 0 Å². The average Bonchev–Trinajstić information content (AvgIpc) is 2.80. The Morgan fingerprint density at radius 3 is 2.33 bits per heavy atom. The third kappa shape index (κ3) is 2.19. The van der Waals surface area contributed by atoms with Crippen molar-refractivity contribution < 1.29 is 4.74 Å². The van der Waals surface area contributed by atoms with Gasteiger partial charge in [0.05, 0.1) is 7.11 Å². The summed E-state index contributed by atoms with van der Waals surface area (Å²) in [6, 6.07) is 9.50. The molecule has 0 heterocycles. The third-order valence-electron chi connectivity index (χ3n) is 6.86. The molecule has 21 heavy (non-hydrogen) atoms. The van der Waals surface area contributed by atoms with Crippen molar-refractivity contribution in [2.75, 3.05) is 7.11 Å². The van der Waals surface area contributed by atoms with Crippen LogP contribution in [-0.2, 0) is 0 Å². The lowest BCUT2D eigenvalue weighted by atomic mass is 9.69. The van der Waals surface area contributed by atoms with Gasteiger partial charge in [-0.15, -0.1) is 0 Å².